The first-order valence-corrected chi connectivity index (χ1v) is 6.04. The molecule has 0 unspecified atom stereocenters. The number of anilines is 1. The minimum absolute atomic E-state index is 0.0981. The van der Waals surface area contributed by atoms with E-state index in [0.29, 0.717) is 5.69 Å². The minimum Gasteiger partial charge on any atom is -0.398 e. The van der Waals surface area contributed by atoms with E-state index in [1.807, 2.05) is 0 Å². The van der Waals surface area contributed by atoms with Gasteiger partial charge in [-0.15, -0.1) is 0 Å². The van der Waals surface area contributed by atoms with Gasteiger partial charge >= 0.3 is 0 Å². The maximum Gasteiger partial charge on any atom is 0.170 e. The molecule has 5 heteroatoms. The van der Waals surface area contributed by atoms with Gasteiger partial charge in [0.2, 0.25) is 0 Å². The zero-order valence-electron chi connectivity index (χ0n) is 9.36. The Kier molecular flexibility index (Phi) is 3.72. The van der Waals surface area contributed by atoms with E-state index in [0.717, 1.165) is 10.5 Å². The van der Waals surface area contributed by atoms with E-state index in [9.17, 15) is 9.18 Å². The van der Waals surface area contributed by atoms with Gasteiger partial charge in [0.05, 0.1) is 6.42 Å². The Labute approximate surface area is 112 Å². The zero-order chi connectivity index (χ0) is 13.1. The first kappa shape index (κ1) is 12.7. The summed E-state index contributed by atoms with van der Waals surface area (Å²) in [5.74, 6) is -0.724. The number of benzene rings is 1. The van der Waals surface area contributed by atoms with E-state index in [4.69, 9.17) is 5.73 Å². The third-order valence-electron chi connectivity index (χ3n) is 2.45. The van der Waals surface area contributed by atoms with Crippen molar-refractivity contribution in [1.82, 2.24) is 4.98 Å². The van der Waals surface area contributed by atoms with Gasteiger partial charge in [0.1, 0.15) is 5.82 Å². The van der Waals surface area contributed by atoms with Crippen LogP contribution < -0.4 is 5.73 Å². The van der Waals surface area contributed by atoms with Crippen LogP contribution in [0.25, 0.3) is 0 Å². The standard InChI is InChI=1S/C13H10BrFN2O/c14-8-1-3-10(17-7-8)6-13(18)11-5-9(15)2-4-12(11)16/h1-5,7H,6,16H2. The summed E-state index contributed by atoms with van der Waals surface area (Å²) in [5.41, 5.74) is 6.74. The van der Waals surface area contributed by atoms with Crippen molar-refractivity contribution in [2.75, 3.05) is 5.73 Å². The number of nitrogens with zero attached hydrogens (tertiary/aromatic N) is 1. The number of carbonyl (C=O) groups is 1. The summed E-state index contributed by atoms with van der Waals surface area (Å²) in [6.45, 7) is 0. The van der Waals surface area contributed by atoms with E-state index in [1.54, 1.807) is 18.3 Å². The molecule has 92 valence electrons. The van der Waals surface area contributed by atoms with Crippen molar-refractivity contribution in [2.24, 2.45) is 0 Å². The van der Waals surface area contributed by atoms with Crippen LogP contribution in [0.15, 0.2) is 41.0 Å². The number of carbonyl (C=O) groups excluding carboxylic acids is 1. The Morgan fingerprint density at radius 3 is 2.78 bits per heavy atom. The summed E-state index contributed by atoms with van der Waals surface area (Å²) in [7, 11) is 0. The number of nitrogen functional groups attached to an aromatic ring is 1. The highest BCUT2D eigenvalue weighted by atomic mass is 79.9. The van der Waals surface area contributed by atoms with E-state index in [-0.39, 0.29) is 23.5 Å². The number of halogens is 2. The molecule has 0 saturated carbocycles. The first-order valence-electron chi connectivity index (χ1n) is 5.25. The van der Waals surface area contributed by atoms with Crippen molar-refractivity contribution >= 4 is 27.4 Å². The molecule has 0 amide bonds. The summed E-state index contributed by atoms with van der Waals surface area (Å²) in [5, 5.41) is 0. The van der Waals surface area contributed by atoms with E-state index in [1.165, 1.54) is 12.1 Å². The smallest absolute Gasteiger partial charge is 0.170 e. The fraction of sp³-hybridized carbons (Fsp3) is 0.0769. The molecule has 0 saturated heterocycles. The second-order valence-corrected chi connectivity index (χ2v) is 4.71. The van der Waals surface area contributed by atoms with Crippen LogP contribution in [0.4, 0.5) is 10.1 Å². The second kappa shape index (κ2) is 5.27. The van der Waals surface area contributed by atoms with Gasteiger partial charge in [0.25, 0.3) is 0 Å². The van der Waals surface area contributed by atoms with E-state index in [2.05, 4.69) is 20.9 Å². The molecule has 0 bridgehead atoms. The molecule has 2 N–H and O–H groups in total. The number of Topliss-reactive ketones (excluding diaryl/α,β-unsaturated/α-hetero) is 1. The topological polar surface area (TPSA) is 56.0 Å². The second-order valence-electron chi connectivity index (χ2n) is 3.80. The zero-order valence-corrected chi connectivity index (χ0v) is 10.9. The van der Waals surface area contributed by atoms with Crippen LogP contribution in [0.5, 0.6) is 0 Å². The number of pyridine rings is 1. The highest BCUT2D eigenvalue weighted by Gasteiger charge is 2.12. The third-order valence-corrected chi connectivity index (χ3v) is 2.92. The number of hydrogen-bond acceptors (Lipinski definition) is 3. The van der Waals surface area contributed by atoms with E-state index >= 15 is 0 Å². The van der Waals surface area contributed by atoms with Gasteiger partial charge in [0.15, 0.2) is 5.78 Å². The lowest BCUT2D eigenvalue weighted by Crippen LogP contribution is -2.08. The Bertz CT molecular complexity index is 584. The maximum absolute atomic E-state index is 13.1. The molecule has 1 aromatic heterocycles. The normalized spacial score (nSPS) is 10.3. The fourth-order valence-electron chi connectivity index (χ4n) is 1.54. The van der Waals surface area contributed by atoms with Gasteiger partial charge in [-0.2, -0.15) is 0 Å². The molecular weight excluding hydrogens is 299 g/mol. The van der Waals surface area contributed by atoms with Gasteiger partial charge in [-0.1, -0.05) is 0 Å². The molecule has 2 rings (SSSR count). The predicted molar refractivity (Wildman–Crippen MR) is 70.8 cm³/mol. The predicted octanol–water partition coefficient (Wildman–Crippen LogP) is 2.99. The van der Waals surface area contributed by atoms with Gasteiger partial charge in [0, 0.05) is 27.6 Å². The Hall–Kier alpha value is -1.75. The molecule has 0 radical (unpaired) electrons. The summed E-state index contributed by atoms with van der Waals surface area (Å²) in [6.07, 6.45) is 1.71. The van der Waals surface area contributed by atoms with Gasteiger partial charge in [-0.25, -0.2) is 4.39 Å². The van der Waals surface area contributed by atoms with Crippen molar-refractivity contribution in [3.63, 3.8) is 0 Å². The highest BCUT2D eigenvalue weighted by molar-refractivity contribution is 9.10. The molecule has 0 aliphatic rings. The van der Waals surface area contributed by atoms with E-state index < -0.39 is 5.82 Å². The summed E-state index contributed by atoms with van der Waals surface area (Å²) in [4.78, 5) is 16.1. The number of ketones is 1. The summed E-state index contributed by atoms with van der Waals surface area (Å²) < 4.78 is 13.9. The monoisotopic (exact) mass is 308 g/mol. The quantitative estimate of drug-likeness (QED) is 0.700. The third kappa shape index (κ3) is 2.92. The number of hydrogen-bond donors (Lipinski definition) is 1. The molecule has 1 aromatic carbocycles. The van der Waals surface area contributed by atoms with Gasteiger partial charge < -0.3 is 5.73 Å². The fourth-order valence-corrected chi connectivity index (χ4v) is 1.78. The Balaban J connectivity index is 2.21. The van der Waals surface area contributed by atoms with Crippen LogP contribution in [0.3, 0.4) is 0 Å². The molecule has 0 aliphatic heterocycles. The van der Waals surface area contributed by atoms with Crippen LogP contribution in [-0.4, -0.2) is 10.8 Å². The summed E-state index contributed by atoms with van der Waals surface area (Å²) in [6, 6.07) is 7.29. The average molecular weight is 309 g/mol. The number of nitrogens with two attached hydrogens (primary N) is 1. The van der Waals surface area contributed by atoms with Gasteiger partial charge in [-0.05, 0) is 46.3 Å². The van der Waals surface area contributed by atoms with Gasteiger partial charge in [-0.3, -0.25) is 9.78 Å². The van der Waals surface area contributed by atoms with Crippen molar-refractivity contribution < 1.29 is 9.18 Å². The summed E-state index contributed by atoms with van der Waals surface area (Å²) >= 11 is 3.26. The Morgan fingerprint density at radius 2 is 2.11 bits per heavy atom. The van der Waals surface area contributed by atoms with Crippen LogP contribution >= 0.6 is 15.9 Å². The van der Waals surface area contributed by atoms with Crippen molar-refractivity contribution in [3.05, 3.63) is 58.1 Å². The van der Waals surface area contributed by atoms with Crippen LogP contribution in [0.1, 0.15) is 16.1 Å². The lowest BCUT2D eigenvalue weighted by Gasteiger charge is -2.04. The molecule has 0 fully saturated rings. The lowest BCUT2D eigenvalue weighted by molar-refractivity contribution is 0.0992. The first-order chi connectivity index (χ1) is 8.56. The molecule has 0 atom stereocenters. The Morgan fingerprint density at radius 1 is 1.33 bits per heavy atom. The molecule has 3 nitrogen and oxygen atoms in total. The lowest BCUT2D eigenvalue weighted by atomic mass is 10.0. The molecule has 1 heterocycles. The highest BCUT2D eigenvalue weighted by Crippen LogP contribution is 2.16. The molecule has 2 aromatic rings. The van der Waals surface area contributed by atoms with Crippen molar-refractivity contribution in [2.45, 2.75) is 6.42 Å². The van der Waals surface area contributed by atoms with Crippen molar-refractivity contribution in [3.8, 4) is 0 Å². The molecule has 0 spiro atoms. The van der Waals surface area contributed by atoms with Crippen LogP contribution in [-0.2, 0) is 6.42 Å². The minimum atomic E-state index is -0.476. The number of aromatic nitrogens is 1. The molecule has 0 aliphatic carbocycles. The van der Waals surface area contributed by atoms with Crippen LogP contribution in [0.2, 0.25) is 0 Å². The van der Waals surface area contributed by atoms with Crippen LogP contribution in [0, 0.1) is 5.82 Å². The number of rotatable bonds is 3. The SMILES string of the molecule is Nc1ccc(F)cc1C(=O)Cc1ccc(Br)cn1. The van der Waals surface area contributed by atoms with Crippen molar-refractivity contribution in [1.29, 1.82) is 0 Å². The molecular formula is C13H10BrFN2O. The maximum atomic E-state index is 13.1. The average Bonchev–Trinajstić information content (AvgIpc) is 2.35. The molecule has 18 heavy (non-hydrogen) atoms. The largest absolute Gasteiger partial charge is 0.398 e.